The smallest absolute Gasteiger partial charge is 0.321 e. The van der Waals surface area contributed by atoms with Crippen molar-refractivity contribution in [1.29, 1.82) is 0 Å². The maximum absolute atomic E-state index is 13.6. The van der Waals surface area contributed by atoms with Crippen molar-refractivity contribution in [3.05, 3.63) is 59.7 Å². The molecule has 0 saturated carbocycles. The number of anilines is 1. The van der Waals surface area contributed by atoms with Crippen LogP contribution in [-0.2, 0) is 13.1 Å². The Labute approximate surface area is 204 Å². The van der Waals surface area contributed by atoms with Gasteiger partial charge in [0, 0.05) is 43.5 Å². The van der Waals surface area contributed by atoms with E-state index in [-0.39, 0.29) is 37.5 Å². The van der Waals surface area contributed by atoms with Gasteiger partial charge in [-0.2, -0.15) is 5.10 Å². The predicted molar refractivity (Wildman–Crippen MR) is 129 cm³/mol. The Morgan fingerprint density at radius 3 is 2.69 bits per heavy atom. The quantitative estimate of drug-likeness (QED) is 0.587. The highest BCUT2D eigenvalue weighted by molar-refractivity contribution is 6.02. The molecule has 0 radical (unpaired) electrons. The van der Waals surface area contributed by atoms with Crippen molar-refractivity contribution in [3.63, 3.8) is 0 Å². The molecule has 0 aliphatic carbocycles. The highest BCUT2D eigenvalue weighted by Gasteiger charge is 2.40. The summed E-state index contributed by atoms with van der Waals surface area (Å²) in [5.74, 6) is 0.102. The molecule has 1 unspecified atom stereocenters. The summed E-state index contributed by atoms with van der Waals surface area (Å²) < 4.78 is 5.09. The minimum atomic E-state index is -0.335. The molecule has 11 heteroatoms. The minimum absolute atomic E-state index is 0. The van der Waals surface area contributed by atoms with E-state index < -0.39 is 0 Å². The molecule has 35 heavy (non-hydrogen) atoms. The summed E-state index contributed by atoms with van der Waals surface area (Å²) in [5, 5.41) is 10.1. The van der Waals surface area contributed by atoms with E-state index >= 15 is 0 Å². The summed E-state index contributed by atoms with van der Waals surface area (Å²) in [6.45, 7) is 8.61. The van der Waals surface area contributed by atoms with Gasteiger partial charge in [-0.1, -0.05) is 13.5 Å². The third-order valence-electron chi connectivity index (χ3n) is 6.70. The minimum Gasteiger partial charge on any atom is -0.451 e. The number of amides is 3. The molecular formula is C24H32N8O3. The highest BCUT2D eigenvalue weighted by Crippen LogP contribution is 2.37. The van der Waals surface area contributed by atoms with Gasteiger partial charge in [-0.15, -0.1) is 0 Å². The number of nitrogens with zero attached hydrogens (tertiary/aromatic N) is 6. The van der Waals surface area contributed by atoms with Crippen LogP contribution in [0.3, 0.4) is 0 Å². The molecule has 1 saturated heterocycles. The number of piperazine rings is 1. The molecule has 186 valence electrons. The largest absolute Gasteiger partial charge is 0.451 e. The molecule has 3 aromatic rings. The maximum atomic E-state index is 13.6. The van der Waals surface area contributed by atoms with Gasteiger partial charge in [0.1, 0.15) is 12.0 Å². The fourth-order valence-corrected chi connectivity index (χ4v) is 4.73. The van der Waals surface area contributed by atoms with Crippen LogP contribution in [0.5, 0.6) is 0 Å². The number of hydrogen-bond donors (Lipinski definition) is 2. The number of carbonyl (C=O) groups excluding carboxylic acids is 2. The maximum Gasteiger partial charge on any atom is 0.321 e. The second-order valence-corrected chi connectivity index (χ2v) is 8.98. The van der Waals surface area contributed by atoms with Gasteiger partial charge < -0.3 is 19.5 Å². The van der Waals surface area contributed by atoms with Crippen LogP contribution in [0.25, 0.3) is 0 Å². The molecule has 1 fully saturated rings. The first-order chi connectivity index (χ1) is 16.4. The van der Waals surface area contributed by atoms with E-state index in [4.69, 9.17) is 4.42 Å². The Hall–Kier alpha value is -3.73. The van der Waals surface area contributed by atoms with Gasteiger partial charge in [0.15, 0.2) is 12.2 Å². The monoisotopic (exact) mass is 480 g/mol. The van der Waals surface area contributed by atoms with Gasteiger partial charge in [0.05, 0.1) is 24.0 Å². The Balaban J connectivity index is 0.00000289. The second kappa shape index (κ2) is 9.87. The van der Waals surface area contributed by atoms with Gasteiger partial charge in [-0.3, -0.25) is 19.8 Å². The summed E-state index contributed by atoms with van der Waals surface area (Å²) in [7, 11) is 0. The lowest BCUT2D eigenvalue weighted by Gasteiger charge is -2.45. The zero-order valence-corrected chi connectivity index (χ0v) is 19.4. The molecule has 0 aromatic carbocycles. The van der Waals surface area contributed by atoms with Crippen molar-refractivity contribution >= 4 is 17.8 Å². The molecule has 11 nitrogen and oxygen atoms in total. The Morgan fingerprint density at radius 1 is 1.14 bits per heavy atom. The lowest BCUT2D eigenvalue weighted by atomic mass is 10.1. The molecule has 2 aliphatic heterocycles. The molecule has 3 amide bonds. The standard InChI is InChI=1S/C23H28N8O3.CH4/c1-14-9-30(15(2)8-29(14)10-17-12-34-13-25-17)23(33)31-11-18-20(16(31)3)27-28-21(18)26-22(32)19-6-4-5-7-24-19;/h4-7,12-16H,8-11H2,1-3H3,(H2,26,27,28,32);1H4/t14-,15+,16?;/m1./s1. The number of hydrogen-bond acceptors (Lipinski definition) is 7. The van der Waals surface area contributed by atoms with Crippen molar-refractivity contribution in [2.24, 2.45) is 0 Å². The van der Waals surface area contributed by atoms with Crippen LogP contribution in [0.1, 0.15) is 61.7 Å². The van der Waals surface area contributed by atoms with Crippen molar-refractivity contribution in [2.45, 2.75) is 59.4 Å². The Morgan fingerprint density at radius 2 is 1.97 bits per heavy atom. The number of nitrogens with one attached hydrogen (secondary N) is 2. The topological polar surface area (TPSA) is 123 Å². The molecule has 5 heterocycles. The van der Waals surface area contributed by atoms with Crippen molar-refractivity contribution in [3.8, 4) is 0 Å². The molecule has 3 aromatic heterocycles. The van der Waals surface area contributed by atoms with E-state index in [1.54, 1.807) is 30.7 Å². The van der Waals surface area contributed by atoms with Crippen molar-refractivity contribution < 1.29 is 14.0 Å². The number of aromatic amines is 1. The number of rotatable bonds is 4. The lowest BCUT2D eigenvalue weighted by Crippen LogP contribution is -2.59. The molecule has 0 spiro atoms. The van der Waals surface area contributed by atoms with Gasteiger partial charge in [0.2, 0.25) is 0 Å². The summed E-state index contributed by atoms with van der Waals surface area (Å²) in [5.41, 5.74) is 2.87. The van der Waals surface area contributed by atoms with Crippen LogP contribution < -0.4 is 5.32 Å². The summed E-state index contributed by atoms with van der Waals surface area (Å²) in [6.07, 6.45) is 4.67. The zero-order chi connectivity index (χ0) is 23.8. The summed E-state index contributed by atoms with van der Waals surface area (Å²) in [4.78, 5) is 40.5. The number of urea groups is 1. The van der Waals surface area contributed by atoms with Gasteiger partial charge in [0.25, 0.3) is 5.91 Å². The Kier molecular flexibility index (Phi) is 6.88. The van der Waals surface area contributed by atoms with Gasteiger partial charge in [-0.25, -0.2) is 9.78 Å². The van der Waals surface area contributed by atoms with Crippen molar-refractivity contribution in [2.75, 3.05) is 18.4 Å². The lowest BCUT2D eigenvalue weighted by molar-refractivity contribution is 0.0405. The van der Waals surface area contributed by atoms with Gasteiger partial charge in [-0.05, 0) is 32.9 Å². The highest BCUT2D eigenvalue weighted by atomic mass is 16.3. The van der Waals surface area contributed by atoms with Crippen LogP contribution >= 0.6 is 0 Å². The predicted octanol–water partition coefficient (Wildman–Crippen LogP) is 3.27. The van der Waals surface area contributed by atoms with Crippen LogP contribution in [0.4, 0.5) is 10.6 Å². The first kappa shape index (κ1) is 24.4. The van der Waals surface area contributed by atoms with Crippen molar-refractivity contribution in [1.82, 2.24) is 34.9 Å². The molecule has 2 aliphatic rings. The van der Waals surface area contributed by atoms with Crippen LogP contribution in [0.2, 0.25) is 0 Å². The average molecular weight is 481 g/mol. The summed E-state index contributed by atoms with van der Waals surface area (Å²) >= 11 is 0. The van der Waals surface area contributed by atoms with E-state index in [0.717, 1.165) is 23.5 Å². The fourth-order valence-electron chi connectivity index (χ4n) is 4.73. The van der Waals surface area contributed by atoms with E-state index in [9.17, 15) is 9.59 Å². The summed E-state index contributed by atoms with van der Waals surface area (Å²) in [6, 6.07) is 5.19. The third kappa shape index (κ3) is 4.63. The average Bonchev–Trinajstić information content (AvgIpc) is 3.56. The molecule has 0 bridgehead atoms. The normalized spacial score (nSPS) is 22.0. The molecule has 5 rings (SSSR count). The first-order valence-corrected chi connectivity index (χ1v) is 11.4. The van der Waals surface area contributed by atoms with Gasteiger partial charge >= 0.3 is 6.03 Å². The SMILES string of the molecule is C.CC1c2[nH]nc(NC(=O)c3ccccn3)c2CN1C(=O)N1C[C@@H](C)N(Cc2cocn2)C[C@@H]1C. The van der Waals surface area contributed by atoms with E-state index in [1.807, 2.05) is 16.7 Å². The third-order valence-corrected chi connectivity index (χ3v) is 6.70. The molecule has 3 atom stereocenters. The number of H-pyrrole nitrogens is 1. The van der Waals surface area contributed by atoms with E-state index in [2.05, 4.69) is 44.2 Å². The van der Waals surface area contributed by atoms with E-state index in [0.29, 0.717) is 31.1 Å². The number of aromatic nitrogens is 4. The number of fused-ring (bicyclic) bond motifs is 1. The molecular weight excluding hydrogens is 448 g/mol. The van der Waals surface area contributed by atoms with Crippen LogP contribution in [-0.4, -0.2) is 72.0 Å². The van der Waals surface area contributed by atoms with Crippen LogP contribution in [0, 0.1) is 0 Å². The number of oxazole rings is 1. The number of carbonyl (C=O) groups is 2. The second-order valence-electron chi connectivity index (χ2n) is 8.98. The zero-order valence-electron chi connectivity index (χ0n) is 19.4. The Bertz CT molecular complexity index is 1160. The fraction of sp³-hybridized carbons (Fsp3) is 0.458. The molecule has 2 N–H and O–H groups in total. The number of pyridine rings is 1. The first-order valence-electron chi connectivity index (χ1n) is 11.4. The van der Waals surface area contributed by atoms with Crippen LogP contribution in [0.15, 0.2) is 41.5 Å². The van der Waals surface area contributed by atoms with E-state index in [1.165, 1.54) is 6.39 Å².